The third kappa shape index (κ3) is 9.69. The number of carbonyl (C=O) groups excluding carboxylic acids is 2. The van der Waals surface area contributed by atoms with Crippen molar-refractivity contribution in [3.05, 3.63) is 105 Å². The lowest BCUT2D eigenvalue weighted by atomic mass is 9.83. The maximum Gasteiger partial charge on any atom is 0.306 e. The summed E-state index contributed by atoms with van der Waals surface area (Å²) < 4.78 is 17.7. The average Bonchev–Trinajstić information content (AvgIpc) is 3.44. The van der Waals surface area contributed by atoms with Crippen LogP contribution in [0.2, 0.25) is 5.02 Å². The summed E-state index contributed by atoms with van der Waals surface area (Å²) in [5.41, 5.74) is 14.9. The molecule has 47 heavy (non-hydrogen) atoms. The zero-order valence-electron chi connectivity index (χ0n) is 26.6. The van der Waals surface area contributed by atoms with Gasteiger partial charge in [-0.3, -0.25) is 15.0 Å². The third-order valence-corrected chi connectivity index (χ3v) is 7.44. The highest BCUT2D eigenvalue weighted by Gasteiger charge is 2.54. The molecule has 0 saturated carbocycles. The van der Waals surface area contributed by atoms with E-state index in [0.717, 1.165) is 5.56 Å². The van der Waals surface area contributed by atoms with Crippen LogP contribution in [0.15, 0.2) is 82.9 Å². The predicted octanol–water partition coefficient (Wildman–Crippen LogP) is 6.29. The molecule has 3 aromatic carbocycles. The van der Waals surface area contributed by atoms with Gasteiger partial charge in [-0.05, 0) is 81.1 Å². The van der Waals surface area contributed by atoms with Gasteiger partial charge in [-0.1, -0.05) is 53.1 Å². The first kappa shape index (κ1) is 35.2. The summed E-state index contributed by atoms with van der Waals surface area (Å²) in [7, 11) is 0. The van der Waals surface area contributed by atoms with Gasteiger partial charge in [0.05, 0.1) is 6.61 Å². The van der Waals surface area contributed by atoms with Gasteiger partial charge in [-0.15, -0.1) is 0 Å². The van der Waals surface area contributed by atoms with Crippen LogP contribution in [0.3, 0.4) is 0 Å². The lowest BCUT2D eigenvalue weighted by Crippen LogP contribution is -2.53. The van der Waals surface area contributed by atoms with E-state index in [2.05, 4.69) is 20.9 Å². The second-order valence-electron chi connectivity index (χ2n) is 11.9. The van der Waals surface area contributed by atoms with Crippen LogP contribution >= 0.6 is 11.6 Å². The van der Waals surface area contributed by atoms with Crippen LogP contribution in [0.1, 0.15) is 62.8 Å². The molecule has 2 atom stereocenters. The molecule has 4 rings (SSSR count). The number of aliphatic hydroxyl groups is 1. The van der Waals surface area contributed by atoms with E-state index in [1.54, 1.807) is 81.4 Å². The topological polar surface area (TPSA) is 167 Å². The number of hydrogen-bond acceptors (Lipinski definition) is 9. The molecule has 1 aliphatic rings. The van der Waals surface area contributed by atoms with Gasteiger partial charge in [0.25, 0.3) is 5.91 Å². The van der Waals surface area contributed by atoms with Crippen molar-refractivity contribution in [1.82, 2.24) is 10.9 Å². The van der Waals surface area contributed by atoms with E-state index in [9.17, 15) is 15.1 Å². The van der Waals surface area contributed by atoms with Crippen LogP contribution in [-0.2, 0) is 25.5 Å². The van der Waals surface area contributed by atoms with Crippen LogP contribution in [0.4, 0.5) is 5.69 Å². The van der Waals surface area contributed by atoms with Gasteiger partial charge >= 0.3 is 5.97 Å². The molecule has 0 fully saturated rings. The molecule has 3 N–H and O–H groups in total. The number of nitrogens with one attached hydrogen (secondary N) is 2. The van der Waals surface area contributed by atoms with Crippen LogP contribution in [-0.4, -0.2) is 53.8 Å². The zero-order valence-corrected chi connectivity index (χ0v) is 27.4. The summed E-state index contributed by atoms with van der Waals surface area (Å²) in [4.78, 5) is 35.1. The van der Waals surface area contributed by atoms with E-state index in [4.69, 9.17) is 35.9 Å². The third-order valence-electron chi connectivity index (χ3n) is 7.19. The van der Waals surface area contributed by atoms with Crippen LogP contribution in [0, 0.1) is 0 Å². The van der Waals surface area contributed by atoms with E-state index in [1.807, 2.05) is 12.1 Å². The van der Waals surface area contributed by atoms with Crippen LogP contribution in [0.25, 0.3) is 10.4 Å². The fraction of sp³-hybridized carbons (Fsp3) is 0.382. The van der Waals surface area contributed by atoms with Gasteiger partial charge < -0.3 is 19.3 Å². The molecular formula is C34H39ClN6O6. The second kappa shape index (κ2) is 16.3. The predicted molar refractivity (Wildman–Crippen MR) is 178 cm³/mol. The van der Waals surface area contributed by atoms with Crippen molar-refractivity contribution in [2.45, 2.75) is 63.7 Å². The molecule has 0 unspecified atom stereocenters. The standard InChI is InChI=1S/C34H39ClN6O6/c1-33(2,3)47-29(43)17-19-34(32(44)40-37-20-18-23-9-13-25(35)14-10-23)30(27-7-4-5-8-28(27)39-41-36)46-31(38-34)24-11-15-26(16-12-24)45-22-6-21-42/h4-5,7-16,30,37,42H,6,17-22H2,1-3H3,(H,40,44)/t30-,34-/m0/s1. The number of amides is 1. The fourth-order valence-corrected chi connectivity index (χ4v) is 5.12. The van der Waals surface area contributed by atoms with E-state index >= 15 is 0 Å². The molecule has 0 aliphatic carbocycles. The summed E-state index contributed by atoms with van der Waals surface area (Å²) in [6.45, 7) is 6.06. The van der Waals surface area contributed by atoms with Gasteiger partial charge in [0.15, 0.2) is 11.6 Å². The maximum atomic E-state index is 14.3. The minimum atomic E-state index is -1.67. The molecule has 3 aromatic rings. The van der Waals surface area contributed by atoms with Crippen LogP contribution < -0.4 is 15.6 Å². The number of aliphatic imine (C=N–C) groups is 1. The summed E-state index contributed by atoms with van der Waals surface area (Å²) in [5, 5.41) is 13.5. The Hall–Kier alpha value is -4.61. The molecule has 12 nitrogen and oxygen atoms in total. The Kier molecular flexibility index (Phi) is 12.2. The van der Waals surface area contributed by atoms with Crippen molar-refractivity contribution >= 4 is 35.1 Å². The largest absolute Gasteiger partial charge is 0.494 e. The molecule has 248 valence electrons. The second-order valence-corrected chi connectivity index (χ2v) is 12.3. The van der Waals surface area contributed by atoms with Crippen molar-refractivity contribution in [3.8, 4) is 5.75 Å². The first-order valence-corrected chi connectivity index (χ1v) is 15.7. The van der Waals surface area contributed by atoms with E-state index in [0.29, 0.717) is 47.9 Å². The fourth-order valence-electron chi connectivity index (χ4n) is 4.99. The summed E-state index contributed by atoms with van der Waals surface area (Å²) in [6.07, 6.45) is -0.197. The van der Waals surface area contributed by atoms with E-state index < -0.39 is 29.1 Å². The number of aliphatic hydroxyl groups excluding tert-OH is 1. The number of hydrazine groups is 1. The molecular weight excluding hydrogens is 624 g/mol. The van der Waals surface area contributed by atoms with Crippen molar-refractivity contribution in [2.24, 2.45) is 10.1 Å². The Morgan fingerprint density at radius 3 is 2.51 bits per heavy atom. The zero-order chi connectivity index (χ0) is 33.9. The minimum absolute atomic E-state index is 0.0187. The van der Waals surface area contributed by atoms with Crippen molar-refractivity contribution in [3.63, 3.8) is 0 Å². The first-order chi connectivity index (χ1) is 22.5. The van der Waals surface area contributed by atoms with E-state index in [1.165, 1.54) is 0 Å². The average molecular weight is 663 g/mol. The smallest absolute Gasteiger partial charge is 0.306 e. The molecule has 1 aliphatic heterocycles. The molecule has 0 aromatic heterocycles. The highest BCUT2D eigenvalue weighted by atomic mass is 35.5. The summed E-state index contributed by atoms with van der Waals surface area (Å²) in [5.74, 6) is -0.301. The molecule has 13 heteroatoms. The maximum absolute atomic E-state index is 14.3. The number of halogens is 1. The van der Waals surface area contributed by atoms with Crippen molar-refractivity contribution < 1.29 is 28.9 Å². The molecule has 0 saturated heterocycles. The van der Waals surface area contributed by atoms with Crippen molar-refractivity contribution in [1.29, 1.82) is 0 Å². The Bertz CT molecular complexity index is 1600. The normalized spacial score (nSPS) is 17.2. The molecule has 0 spiro atoms. The van der Waals surface area contributed by atoms with Gasteiger partial charge in [0.2, 0.25) is 5.90 Å². The van der Waals surface area contributed by atoms with Crippen molar-refractivity contribution in [2.75, 3.05) is 19.8 Å². The highest BCUT2D eigenvalue weighted by Crippen LogP contribution is 2.46. The Morgan fingerprint density at radius 2 is 1.83 bits per heavy atom. The number of rotatable bonds is 15. The number of esters is 1. The number of nitrogens with zero attached hydrogens (tertiary/aromatic N) is 4. The number of benzene rings is 3. The minimum Gasteiger partial charge on any atom is -0.494 e. The SMILES string of the molecule is CC(C)(C)OC(=O)CC[C@]1(C(=O)NNCCc2ccc(Cl)cc2)N=C(c2ccc(OCCCO)cc2)O[C@H]1c1ccccc1N=[N+]=[N-]. The number of carbonyl (C=O) groups is 2. The number of azide groups is 1. The Balaban J connectivity index is 1.70. The molecule has 0 bridgehead atoms. The summed E-state index contributed by atoms with van der Waals surface area (Å²) in [6, 6.07) is 21.1. The van der Waals surface area contributed by atoms with Gasteiger partial charge in [-0.25, -0.2) is 10.4 Å². The van der Waals surface area contributed by atoms with Gasteiger partial charge in [0.1, 0.15) is 11.4 Å². The quantitative estimate of drug-likeness (QED) is 0.0429. The first-order valence-electron chi connectivity index (χ1n) is 15.3. The summed E-state index contributed by atoms with van der Waals surface area (Å²) >= 11 is 6.00. The Morgan fingerprint density at radius 1 is 1.11 bits per heavy atom. The monoisotopic (exact) mass is 662 g/mol. The van der Waals surface area contributed by atoms with Crippen LogP contribution in [0.5, 0.6) is 5.75 Å². The number of ether oxygens (including phenoxy) is 3. The lowest BCUT2D eigenvalue weighted by Gasteiger charge is -2.31. The van der Waals surface area contributed by atoms with E-state index in [-0.39, 0.29) is 31.0 Å². The molecule has 1 heterocycles. The molecule has 0 radical (unpaired) electrons. The number of hydrogen-bond donors (Lipinski definition) is 3. The highest BCUT2D eigenvalue weighted by molar-refractivity contribution is 6.30. The lowest BCUT2D eigenvalue weighted by molar-refractivity contribution is -0.155. The van der Waals surface area contributed by atoms with Gasteiger partial charge in [-0.2, -0.15) is 0 Å². The molecule has 1 amide bonds. The Labute approximate surface area is 278 Å². The van der Waals surface area contributed by atoms with Gasteiger partial charge in [0, 0.05) is 52.7 Å².